The van der Waals surface area contributed by atoms with Gasteiger partial charge in [0.25, 0.3) is 11.8 Å². The Morgan fingerprint density at radius 3 is 1.80 bits per heavy atom. The second-order valence-corrected chi connectivity index (χ2v) is 2.85. The lowest BCUT2D eigenvalue weighted by Crippen LogP contribution is -1.77. The second kappa shape index (κ2) is 3.05. The highest BCUT2D eigenvalue weighted by Gasteiger charge is 2.11. The molecule has 0 radical (unpaired) electrons. The van der Waals surface area contributed by atoms with Crippen molar-refractivity contribution in [3.8, 4) is 23.2 Å². The number of aromatic nitrogens is 6. The summed E-state index contributed by atoms with van der Waals surface area (Å²) in [5.41, 5.74) is 1.38. The van der Waals surface area contributed by atoms with E-state index >= 15 is 0 Å². The highest BCUT2D eigenvalue weighted by atomic mass is 16.4. The maximum atomic E-state index is 5.41. The van der Waals surface area contributed by atoms with Gasteiger partial charge < -0.3 is 4.42 Å². The van der Waals surface area contributed by atoms with Gasteiger partial charge in [-0.05, 0) is 12.1 Å². The van der Waals surface area contributed by atoms with Crippen LogP contribution in [0.5, 0.6) is 0 Å². The molecule has 74 valence electrons. The van der Waals surface area contributed by atoms with Crippen molar-refractivity contribution in [3.63, 3.8) is 0 Å². The van der Waals surface area contributed by atoms with Crippen LogP contribution in [0.1, 0.15) is 0 Å². The van der Waals surface area contributed by atoms with Crippen LogP contribution in [0.4, 0.5) is 0 Å². The monoisotopic (exact) mass is 202 g/mol. The molecule has 15 heavy (non-hydrogen) atoms. The van der Waals surface area contributed by atoms with E-state index in [2.05, 4.69) is 30.6 Å². The maximum absolute atomic E-state index is 5.41. The smallest absolute Gasteiger partial charge is 0.266 e. The molecule has 7 nitrogen and oxygen atoms in total. The summed E-state index contributed by atoms with van der Waals surface area (Å²) in [4.78, 5) is 0. The molecule has 3 rings (SSSR count). The van der Waals surface area contributed by atoms with E-state index in [9.17, 15) is 0 Å². The molecule has 0 aliphatic heterocycles. The molecule has 0 aromatic carbocycles. The number of nitrogens with zero attached hydrogens (tertiary/aromatic N) is 4. The summed E-state index contributed by atoms with van der Waals surface area (Å²) in [5.74, 6) is 0.800. The lowest BCUT2D eigenvalue weighted by Gasteiger charge is -1.86. The fourth-order valence-corrected chi connectivity index (χ4v) is 1.19. The predicted molar refractivity (Wildman–Crippen MR) is 49.5 cm³/mol. The Morgan fingerprint density at radius 1 is 0.867 bits per heavy atom. The van der Waals surface area contributed by atoms with E-state index in [4.69, 9.17) is 4.42 Å². The molecule has 0 bridgehead atoms. The quantitative estimate of drug-likeness (QED) is 0.642. The van der Waals surface area contributed by atoms with Gasteiger partial charge in [0, 0.05) is 12.4 Å². The molecule has 3 heterocycles. The lowest BCUT2D eigenvalue weighted by atomic mass is 10.4. The van der Waals surface area contributed by atoms with Crippen LogP contribution in [0.15, 0.2) is 28.9 Å². The first-order valence-corrected chi connectivity index (χ1v) is 4.26. The molecule has 0 amide bonds. The van der Waals surface area contributed by atoms with E-state index < -0.39 is 0 Å². The Morgan fingerprint density at radius 2 is 1.40 bits per heavy atom. The van der Waals surface area contributed by atoms with Crippen molar-refractivity contribution in [2.24, 2.45) is 0 Å². The molecule has 0 fully saturated rings. The Kier molecular flexibility index (Phi) is 1.61. The van der Waals surface area contributed by atoms with Gasteiger partial charge in [0.2, 0.25) is 0 Å². The first-order valence-electron chi connectivity index (χ1n) is 4.26. The minimum atomic E-state index is 0.400. The third-order valence-electron chi connectivity index (χ3n) is 1.89. The molecule has 0 saturated carbocycles. The van der Waals surface area contributed by atoms with Crippen LogP contribution in [0.2, 0.25) is 0 Å². The van der Waals surface area contributed by atoms with E-state index in [0.29, 0.717) is 23.2 Å². The minimum Gasteiger partial charge on any atom is -0.413 e. The Hall–Kier alpha value is -2.44. The standard InChI is InChI=1S/C8H6N6O/c1-3-9-11-5(1)7-13-14-8(15-7)6-2-4-10-12-6/h1-4H,(H,9,11)(H,10,12). The Bertz CT molecular complexity index is 489. The van der Waals surface area contributed by atoms with Crippen molar-refractivity contribution in [1.82, 2.24) is 30.6 Å². The zero-order chi connectivity index (χ0) is 10.1. The molecule has 3 aromatic rings. The summed E-state index contributed by atoms with van der Waals surface area (Å²) >= 11 is 0. The minimum absolute atomic E-state index is 0.400. The van der Waals surface area contributed by atoms with Crippen molar-refractivity contribution in [2.45, 2.75) is 0 Å². The van der Waals surface area contributed by atoms with Gasteiger partial charge in [0.05, 0.1) is 0 Å². The van der Waals surface area contributed by atoms with Gasteiger partial charge in [-0.1, -0.05) is 0 Å². The molecule has 0 unspecified atom stereocenters. The van der Waals surface area contributed by atoms with Crippen LogP contribution in [-0.4, -0.2) is 30.6 Å². The number of aromatic amines is 2. The van der Waals surface area contributed by atoms with Gasteiger partial charge in [-0.25, -0.2) is 0 Å². The highest BCUT2D eigenvalue weighted by molar-refractivity contribution is 5.50. The molecule has 2 N–H and O–H groups in total. The Labute approximate surface area is 83.5 Å². The number of rotatable bonds is 2. The maximum Gasteiger partial charge on any atom is 0.266 e. The van der Waals surface area contributed by atoms with Crippen LogP contribution in [0.25, 0.3) is 23.2 Å². The average molecular weight is 202 g/mol. The number of nitrogens with one attached hydrogen (secondary N) is 2. The summed E-state index contributed by atoms with van der Waals surface area (Å²) < 4.78 is 5.41. The third kappa shape index (κ3) is 1.30. The van der Waals surface area contributed by atoms with E-state index in [1.54, 1.807) is 24.5 Å². The van der Waals surface area contributed by atoms with Gasteiger partial charge in [-0.2, -0.15) is 10.2 Å². The molecule has 0 aliphatic carbocycles. The van der Waals surface area contributed by atoms with E-state index in [1.807, 2.05) is 0 Å². The first-order chi connectivity index (χ1) is 7.43. The largest absolute Gasteiger partial charge is 0.413 e. The number of H-pyrrole nitrogens is 2. The van der Waals surface area contributed by atoms with E-state index in [0.717, 1.165) is 0 Å². The molecule has 7 heteroatoms. The Balaban J connectivity index is 2.02. The average Bonchev–Trinajstić information content (AvgIpc) is 3.02. The summed E-state index contributed by atoms with van der Waals surface area (Å²) in [5, 5.41) is 20.8. The summed E-state index contributed by atoms with van der Waals surface area (Å²) in [6.45, 7) is 0. The van der Waals surface area contributed by atoms with Crippen LogP contribution in [0.3, 0.4) is 0 Å². The zero-order valence-corrected chi connectivity index (χ0v) is 7.51. The molecule has 0 atom stereocenters. The third-order valence-corrected chi connectivity index (χ3v) is 1.89. The number of hydrogen-bond donors (Lipinski definition) is 2. The number of hydrogen-bond acceptors (Lipinski definition) is 5. The van der Waals surface area contributed by atoms with Crippen molar-refractivity contribution in [3.05, 3.63) is 24.5 Å². The SMILES string of the molecule is c1cc(-c2nnc(-c3ccn[nH]3)o2)[nH]n1. The van der Waals surface area contributed by atoms with E-state index in [1.165, 1.54) is 0 Å². The van der Waals surface area contributed by atoms with Gasteiger partial charge in [0.15, 0.2) is 0 Å². The summed E-state index contributed by atoms with van der Waals surface area (Å²) in [6, 6.07) is 3.51. The van der Waals surface area contributed by atoms with Gasteiger partial charge >= 0.3 is 0 Å². The molecule has 0 saturated heterocycles. The molecule has 0 aliphatic rings. The normalized spacial score (nSPS) is 10.7. The van der Waals surface area contributed by atoms with Gasteiger partial charge in [-0.15, -0.1) is 10.2 Å². The summed E-state index contributed by atoms with van der Waals surface area (Å²) in [6.07, 6.45) is 3.24. The fourth-order valence-electron chi connectivity index (χ4n) is 1.19. The van der Waals surface area contributed by atoms with Crippen molar-refractivity contribution in [1.29, 1.82) is 0 Å². The van der Waals surface area contributed by atoms with Crippen molar-refractivity contribution >= 4 is 0 Å². The molecular weight excluding hydrogens is 196 g/mol. The highest BCUT2D eigenvalue weighted by Crippen LogP contribution is 2.19. The molecule has 0 spiro atoms. The van der Waals surface area contributed by atoms with Gasteiger partial charge in [0.1, 0.15) is 11.4 Å². The van der Waals surface area contributed by atoms with Crippen LogP contribution in [0, 0.1) is 0 Å². The van der Waals surface area contributed by atoms with Crippen molar-refractivity contribution in [2.75, 3.05) is 0 Å². The second-order valence-electron chi connectivity index (χ2n) is 2.85. The topological polar surface area (TPSA) is 96.3 Å². The van der Waals surface area contributed by atoms with Crippen LogP contribution < -0.4 is 0 Å². The van der Waals surface area contributed by atoms with Crippen LogP contribution >= 0.6 is 0 Å². The lowest BCUT2D eigenvalue weighted by molar-refractivity contribution is 0.579. The summed E-state index contributed by atoms with van der Waals surface area (Å²) in [7, 11) is 0. The van der Waals surface area contributed by atoms with Crippen molar-refractivity contribution < 1.29 is 4.42 Å². The predicted octanol–water partition coefficient (Wildman–Crippen LogP) is 0.850. The van der Waals surface area contributed by atoms with E-state index in [-0.39, 0.29) is 0 Å². The molecular formula is C8H6N6O. The zero-order valence-electron chi connectivity index (χ0n) is 7.51. The first kappa shape index (κ1) is 7.92. The van der Waals surface area contributed by atoms with Crippen LogP contribution in [-0.2, 0) is 0 Å². The molecule has 3 aromatic heterocycles. The fraction of sp³-hybridized carbons (Fsp3) is 0. The van der Waals surface area contributed by atoms with Gasteiger partial charge in [-0.3, -0.25) is 10.2 Å².